The zero-order valence-electron chi connectivity index (χ0n) is 11.3. The van der Waals surface area contributed by atoms with E-state index >= 15 is 0 Å². The molecule has 0 saturated heterocycles. The van der Waals surface area contributed by atoms with Gasteiger partial charge < -0.3 is 10.6 Å². The third-order valence-corrected chi connectivity index (χ3v) is 3.17. The number of nitrogens with one attached hydrogen (secondary N) is 1. The highest BCUT2D eigenvalue weighted by Gasteiger charge is 2.13. The van der Waals surface area contributed by atoms with Crippen LogP contribution in [-0.4, -0.2) is 28.9 Å². The smallest absolute Gasteiger partial charge is 0.147 e. The number of rotatable bonds is 5. The van der Waals surface area contributed by atoms with Crippen LogP contribution in [0.3, 0.4) is 0 Å². The molecule has 0 fully saturated rings. The van der Waals surface area contributed by atoms with E-state index in [1.807, 2.05) is 31.2 Å². The molecule has 1 aromatic carbocycles. The van der Waals surface area contributed by atoms with Crippen LogP contribution in [-0.2, 0) is 0 Å². The van der Waals surface area contributed by atoms with Crippen molar-refractivity contribution < 1.29 is 0 Å². The average molecular weight is 257 g/mol. The van der Waals surface area contributed by atoms with E-state index in [-0.39, 0.29) is 11.8 Å². The highest BCUT2D eigenvalue weighted by molar-refractivity contribution is 5.80. The van der Waals surface area contributed by atoms with Crippen LogP contribution in [0.1, 0.15) is 13.8 Å². The second-order valence-corrected chi connectivity index (χ2v) is 4.61. The highest BCUT2D eigenvalue weighted by Crippen LogP contribution is 2.16. The van der Waals surface area contributed by atoms with Crippen molar-refractivity contribution in [3.05, 3.63) is 30.5 Å². The van der Waals surface area contributed by atoms with Gasteiger partial charge in [0.2, 0.25) is 0 Å². The van der Waals surface area contributed by atoms with Crippen molar-refractivity contribution in [3.8, 4) is 0 Å². The fourth-order valence-electron chi connectivity index (χ4n) is 1.91. The minimum absolute atomic E-state index is 0.00761. The number of aromatic nitrogens is 2. The van der Waals surface area contributed by atoms with Gasteiger partial charge in [-0.2, -0.15) is 0 Å². The minimum Gasteiger partial charge on any atom is -0.387 e. The molecule has 2 aromatic rings. The van der Waals surface area contributed by atoms with Crippen molar-refractivity contribution in [1.82, 2.24) is 9.97 Å². The lowest BCUT2D eigenvalue weighted by Crippen LogP contribution is -2.35. The Kier molecular flexibility index (Phi) is 3.94. The fraction of sp³-hybridized carbons (Fsp3) is 0.357. The summed E-state index contributed by atoms with van der Waals surface area (Å²) in [7, 11) is 0. The van der Waals surface area contributed by atoms with Gasteiger partial charge in [0, 0.05) is 19.0 Å². The summed E-state index contributed by atoms with van der Waals surface area (Å²) < 4.78 is 0. The van der Waals surface area contributed by atoms with Crippen LogP contribution in [0.15, 0.2) is 30.5 Å². The molecule has 0 amide bonds. The van der Waals surface area contributed by atoms with E-state index in [2.05, 4.69) is 21.8 Å². The van der Waals surface area contributed by atoms with E-state index in [1.54, 1.807) is 6.20 Å². The first-order chi connectivity index (χ1) is 9.11. The first-order valence-electron chi connectivity index (χ1n) is 6.42. The summed E-state index contributed by atoms with van der Waals surface area (Å²) in [5.74, 6) is 1.04. The minimum atomic E-state index is 0.00761. The Balaban J connectivity index is 2.27. The molecule has 19 heavy (non-hydrogen) atoms. The molecule has 0 aliphatic carbocycles. The summed E-state index contributed by atoms with van der Waals surface area (Å²) in [5, 5.41) is 7.48. The SMILES string of the molecule is CCN(CC(C)C(=N)N)c1cnc2ccccc2n1. The van der Waals surface area contributed by atoms with Gasteiger partial charge in [0.25, 0.3) is 0 Å². The van der Waals surface area contributed by atoms with Gasteiger partial charge in [-0.1, -0.05) is 19.1 Å². The van der Waals surface area contributed by atoms with E-state index < -0.39 is 0 Å². The molecule has 1 unspecified atom stereocenters. The predicted molar refractivity (Wildman–Crippen MR) is 78.5 cm³/mol. The Morgan fingerprint density at radius 1 is 1.37 bits per heavy atom. The molecule has 5 heteroatoms. The Morgan fingerprint density at radius 2 is 2.05 bits per heavy atom. The Bertz CT molecular complexity index is 581. The number of para-hydroxylation sites is 2. The van der Waals surface area contributed by atoms with Gasteiger partial charge in [-0.05, 0) is 19.1 Å². The summed E-state index contributed by atoms with van der Waals surface area (Å²) in [6.07, 6.45) is 1.78. The summed E-state index contributed by atoms with van der Waals surface area (Å²) in [5.41, 5.74) is 7.30. The van der Waals surface area contributed by atoms with Gasteiger partial charge >= 0.3 is 0 Å². The molecule has 100 valence electrons. The fourth-order valence-corrected chi connectivity index (χ4v) is 1.91. The highest BCUT2D eigenvalue weighted by atomic mass is 15.2. The van der Waals surface area contributed by atoms with Gasteiger partial charge in [0.05, 0.1) is 23.1 Å². The molecule has 0 aliphatic heterocycles. The lowest BCUT2D eigenvalue weighted by atomic mass is 10.1. The van der Waals surface area contributed by atoms with E-state index in [0.717, 1.165) is 23.4 Å². The van der Waals surface area contributed by atoms with Gasteiger partial charge in [-0.3, -0.25) is 10.4 Å². The second kappa shape index (κ2) is 5.65. The average Bonchev–Trinajstić information content (AvgIpc) is 2.43. The first kappa shape index (κ1) is 13.3. The van der Waals surface area contributed by atoms with Gasteiger partial charge in [-0.15, -0.1) is 0 Å². The number of hydrogen-bond acceptors (Lipinski definition) is 4. The molecule has 1 aromatic heterocycles. The Hall–Kier alpha value is -2.17. The Labute approximate surface area is 113 Å². The van der Waals surface area contributed by atoms with Crippen LogP contribution in [0, 0.1) is 11.3 Å². The molecule has 0 spiro atoms. The van der Waals surface area contributed by atoms with Crippen molar-refractivity contribution in [1.29, 1.82) is 5.41 Å². The molecule has 1 heterocycles. The van der Waals surface area contributed by atoms with Crippen LogP contribution in [0.25, 0.3) is 11.0 Å². The third-order valence-electron chi connectivity index (χ3n) is 3.17. The van der Waals surface area contributed by atoms with E-state index in [1.165, 1.54) is 0 Å². The number of nitrogens with two attached hydrogens (primary N) is 1. The van der Waals surface area contributed by atoms with Gasteiger partial charge in [0.15, 0.2) is 0 Å². The molecule has 3 N–H and O–H groups in total. The topological polar surface area (TPSA) is 78.9 Å². The quantitative estimate of drug-likeness (QED) is 0.634. The molecule has 0 radical (unpaired) electrons. The van der Waals surface area contributed by atoms with Gasteiger partial charge in [-0.25, -0.2) is 4.98 Å². The van der Waals surface area contributed by atoms with Crippen molar-refractivity contribution in [2.75, 3.05) is 18.0 Å². The standard InChI is InChI=1S/C14H19N5/c1-3-19(9-10(2)14(15)16)13-8-17-11-6-4-5-7-12(11)18-13/h4-8,10H,3,9H2,1-2H3,(H3,15,16). The number of fused-ring (bicyclic) bond motifs is 1. The lowest BCUT2D eigenvalue weighted by molar-refractivity contribution is 0.690. The molecule has 5 nitrogen and oxygen atoms in total. The third kappa shape index (κ3) is 2.99. The molecular formula is C14H19N5. The van der Waals surface area contributed by atoms with E-state index in [4.69, 9.17) is 11.1 Å². The number of hydrogen-bond donors (Lipinski definition) is 2. The van der Waals surface area contributed by atoms with E-state index in [9.17, 15) is 0 Å². The van der Waals surface area contributed by atoms with Crippen molar-refractivity contribution in [3.63, 3.8) is 0 Å². The molecule has 2 rings (SSSR count). The van der Waals surface area contributed by atoms with Gasteiger partial charge in [0.1, 0.15) is 5.82 Å². The van der Waals surface area contributed by atoms with Crippen molar-refractivity contribution in [2.24, 2.45) is 11.7 Å². The zero-order valence-corrected chi connectivity index (χ0v) is 11.3. The number of anilines is 1. The summed E-state index contributed by atoms with van der Waals surface area (Å²) in [6, 6.07) is 7.80. The van der Waals surface area contributed by atoms with Crippen LogP contribution < -0.4 is 10.6 Å². The monoisotopic (exact) mass is 257 g/mol. The Morgan fingerprint density at radius 3 is 2.68 bits per heavy atom. The number of benzene rings is 1. The van der Waals surface area contributed by atoms with Crippen molar-refractivity contribution in [2.45, 2.75) is 13.8 Å². The maximum absolute atomic E-state index is 7.48. The van der Waals surface area contributed by atoms with Crippen LogP contribution in [0.5, 0.6) is 0 Å². The molecule has 0 bridgehead atoms. The van der Waals surface area contributed by atoms with Crippen LogP contribution in [0.2, 0.25) is 0 Å². The zero-order chi connectivity index (χ0) is 13.8. The molecule has 1 atom stereocenters. The van der Waals surface area contributed by atoms with Crippen molar-refractivity contribution >= 4 is 22.7 Å². The molecular weight excluding hydrogens is 238 g/mol. The predicted octanol–water partition coefficient (Wildman–Crippen LogP) is 2.03. The summed E-state index contributed by atoms with van der Waals surface area (Å²) in [6.45, 7) is 5.49. The van der Waals surface area contributed by atoms with E-state index in [0.29, 0.717) is 6.54 Å². The molecule has 0 aliphatic rings. The maximum Gasteiger partial charge on any atom is 0.147 e. The summed E-state index contributed by atoms with van der Waals surface area (Å²) >= 11 is 0. The molecule has 0 saturated carbocycles. The maximum atomic E-state index is 7.48. The normalized spacial score (nSPS) is 12.3. The number of nitrogens with zero attached hydrogens (tertiary/aromatic N) is 3. The first-order valence-corrected chi connectivity index (χ1v) is 6.42. The number of amidine groups is 1. The van der Waals surface area contributed by atoms with Crippen LogP contribution in [0.4, 0.5) is 5.82 Å². The lowest BCUT2D eigenvalue weighted by Gasteiger charge is -2.24. The largest absolute Gasteiger partial charge is 0.387 e. The summed E-state index contributed by atoms with van der Waals surface area (Å²) in [4.78, 5) is 11.1. The van der Waals surface area contributed by atoms with Crippen LogP contribution >= 0.6 is 0 Å². The second-order valence-electron chi connectivity index (χ2n) is 4.61.